The molecule has 13 nitrogen and oxygen atoms in total. The maximum atomic E-state index is 15.7. The molecule has 1 unspecified atom stereocenters. The standard InChI is InChI=1S/C9H15B3F2N2O11P2S/c10-8(16-1-2(13)5(19)15-6(16)30)4(18)3(17)7(14,25-8)9(11,12)26-29(23,24)27-28(20,21)22/h1,3-4,17-18H,10-12H2,(H,23,24)(H,15,19,30)(H2,20,21,22)/t3-,4+,7-,8-/m0/s1. The molecule has 30 heavy (non-hydrogen) atoms. The second-order valence-corrected chi connectivity index (χ2v) is 10.1. The van der Waals surface area contributed by atoms with Gasteiger partial charge in [0.15, 0.2) is 12.6 Å². The summed E-state index contributed by atoms with van der Waals surface area (Å²) in [5.41, 5.74) is -3.60. The highest BCUT2D eigenvalue weighted by atomic mass is 32.1. The van der Waals surface area contributed by atoms with Crippen molar-refractivity contribution in [3.8, 4) is 0 Å². The van der Waals surface area contributed by atoms with Gasteiger partial charge in [-0.05, 0) is 12.2 Å². The Morgan fingerprint density at radius 2 is 1.83 bits per heavy atom. The van der Waals surface area contributed by atoms with Crippen molar-refractivity contribution in [2.75, 3.05) is 0 Å². The van der Waals surface area contributed by atoms with Crippen LogP contribution < -0.4 is 5.56 Å². The fourth-order valence-corrected chi connectivity index (χ4v) is 5.10. The Morgan fingerprint density at radius 1 is 1.30 bits per heavy atom. The number of phosphoric acid groups is 2. The predicted molar refractivity (Wildman–Crippen MR) is 103 cm³/mol. The molecule has 1 aliphatic heterocycles. The zero-order valence-corrected chi connectivity index (χ0v) is 18.0. The van der Waals surface area contributed by atoms with Gasteiger partial charge in [0.1, 0.15) is 33.5 Å². The number of ether oxygens (including phenoxy) is 1. The molecule has 1 fully saturated rings. The lowest BCUT2D eigenvalue weighted by atomic mass is 9.59. The molecule has 2 rings (SSSR count). The molecule has 1 aromatic rings. The van der Waals surface area contributed by atoms with Gasteiger partial charge < -0.3 is 29.6 Å². The van der Waals surface area contributed by atoms with Crippen molar-refractivity contribution in [1.82, 2.24) is 9.55 Å². The van der Waals surface area contributed by atoms with Crippen molar-refractivity contribution < 1.29 is 56.4 Å². The minimum absolute atomic E-state index is 0.477. The van der Waals surface area contributed by atoms with E-state index in [0.29, 0.717) is 10.8 Å². The van der Waals surface area contributed by atoms with E-state index in [1.807, 2.05) is 4.98 Å². The van der Waals surface area contributed by atoms with E-state index in [1.165, 1.54) is 0 Å². The number of aromatic amines is 1. The molecular formula is C9H15B3F2N2O11P2S. The summed E-state index contributed by atoms with van der Waals surface area (Å²) < 4.78 is 65.3. The highest BCUT2D eigenvalue weighted by molar-refractivity contribution is 7.71. The van der Waals surface area contributed by atoms with Crippen molar-refractivity contribution in [1.29, 1.82) is 0 Å². The van der Waals surface area contributed by atoms with Crippen LogP contribution in [0.25, 0.3) is 0 Å². The van der Waals surface area contributed by atoms with Gasteiger partial charge in [-0.2, -0.15) is 8.70 Å². The van der Waals surface area contributed by atoms with E-state index >= 15 is 4.39 Å². The number of aliphatic hydroxyl groups excluding tert-OH is 2. The van der Waals surface area contributed by atoms with Crippen LogP contribution in [0.1, 0.15) is 0 Å². The summed E-state index contributed by atoms with van der Waals surface area (Å²) in [6.45, 7) is 0. The molecule has 2 heterocycles. The van der Waals surface area contributed by atoms with E-state index in [0.717, 1.165) is 23.5 Å². The van der Waals surface area contributed by atoms with Gasteiger partial charge in [-0.3, -0.25) is 18.9 Å². The largest absolute Gasteiger partial charge is 0.480 e. The SMILES string of the molecule is BC(B)(OP(=O)(O)OP(=O)(O)O)[C@@]1(F)O[C@@](B)(n2cc(F)c(=O)[nH]c2=S)[C@H](O)[C@@H]1O. The Bertz CT molecular complexity index is 1070. The van der Waals surface area contributed by atoms with Crippen LogP contribution in [-0.2, 0) is 28.3 Å². The molecule has 0 amide bonds. The minimum atomic E-state index is -5.63. The number of hydrogen-bond acceptors (Lipinski definition) is 9. The smallest absolute Gasteiger partial charge is 0.386 e. The quantitative estimate of drug-likeness (QED) is 0.128. The van der Waals surface area contributed by atoms with Crippen LogP contribution in [0.4, 0.5) is 8.78 Å². The number of nitrogens with zero attached hydrogens (tertiary/aromatic N) is 1. The molecule has 21 heteroatoms. The van der Waals surface area contributed by atoms with Gasteiger partial charge in [-0.1, -0.05) is 0 Å². The summed E-state index contributed by atoms with van der Waals surface area (Å²) in [7, 11) is -8.73. The van der Waals surface area contributed by atoms with E-state index in [9.17, 15) is 33.4 Å². The van der Waals surface area contributed by atoms with Crippen LogP contribution in [0.15, 0.2) is 11.0 Å². The van der Waals surface area contributed by atoms with E-state index in [1.54, 1.807) is 0 Å². The zero-order valence-electron chi connectivity index (χ0n) is 15.4. The molecule has 1 saturated heterocycles. The maximum absolute atomic E-state index is 15.7. The van der Waals surface area contributed by atoms with Crippen LogP contribution in [0.5, 0.6) is 0 Å². The molecule has 0 radical (unpaired) electrons. The van der Waals surface area contributed by atoms with E-state index in [-0.39, 0.29) is 0 Å². The number of nitrogens with one attached hydrogen (secondary N) is 1. The van der Waals surface area contributed by atoms with Crippen molar-refractivity contribution in [3.05, 3.63) is 27.1 Å². The topological polar surface area (TPSA) is 201 Å². The third-order valence-corrected chi connectivity index (χ3v) is 7.00. The van der Waals surface area contributed by atoms with Crippen LogP contribution in [0.2, 0.25) is 0 Å². The Labute approximate surface area is 174 Å². The summed E-state index contributed by atoms with van der Waals surface area (Å²) in [5, 5.41) is 18.0. The monoisotopic (exact) mass is 492 g/mol. The number of aromatic nitrogens is 2. The molecule has 0 aromatic carbocycles. The van der Waals surface area contributed by atoms with Gasteiger partial charge in [0, 0.05) is 0 Å². The molecule has 1 aromatic heterocycles. The third-order valence-electron chi connectivity index (χ3n) is 4.33. The fraction of sp³-hybridized carbons (Fsp3) is 0.556. The van der Waals surface area contributed by atoms with Crippen molar-refractivity contribution >= 4 is 51.4 Å². The number of hydrogen-bond donors (Lipinski definition) is 6. The number of rotatable bonds is 6. The summed E-state index contributed by atoms with van der Waals surface area (Å²) >= 11 is 4.84. The van der Waals surface area contributed by atoms with E-state index < -0.39 is 60.9 Å². The lowest BCUT2D eigenvalue weighted by Gasteiger charge is -2.40. The highest BCUT2D eigenvalue weighted by Gasteiger charge is 2.69. The number of phosphoric ester groups is 1. The molecule has 6 N–H and O–H groups in total. The molecule has 1 aliphatic rings. The molecule has 0 saturated carbocycles. The summed E-state index contributed by atoms with van der Waals surface area (Å²) in [6.07, 6.45) is -4.25. The number of H-pyrrole nitrogens is 1. The van der Waals surface area contributed by atoms with Crippen molar-refractivity contribution in [2.45, 2.75) is 29.1 Å². The van der Waals surface area contributed by atoms with Gasteiger partial charge in [-0.25, -0.2) is 13.5 Å². The first-order valence-electron chi connectivity index (χ1n) is 7.83. The van der Waals surface area contributed by atoms with Gasteiger partial charge in [0.2, 0.25) is 5.82 Å². The highest BCUT2D eigenvalue weighted by Crippen LogP contribution is 2.61. The lowest BCUT2D eigenvalue weighted by molar-refractivity contribution is -0.239. The van der Waals surface area contributed by atoms with E-state index in [4.69, 9.17) is 26.7 Å². The second kappa shape index (κ2) is 7.71. The third kappa shape index (κ3) is 4.57. The first-order valence-corrected chi connectivity index (χ1v) is 11.3. The molecular weight excluding hydrogens is 477 g/mol. The molecule has 0 bridgehead atoms. The Morgan fingerprint density at radius 3 is 2.33 bits per heavy atom. The molecule has 0 aliphatic carbocycles. The van der Waals surface area contributed by atoms with Crippen LogP contribution in [0.3, 0.4) is 0 Å². The zero-order chi connectivity index (χ0) is 23.5. The summed E-state index contributed by atoms with van der Waals surface area (Å²) in [5.74, 6) is -4.93. The maximum Gasteiger partial charge on any atom is 0.480 e. The lowest BCUT2D eigenvalue weighted by Crippen LogP contribution is -2.60. The van der Waals surface area contributed by atoms with Crippen molar-refractivity contribution in [3.63, 3.8) is 0 Å². The normalized spacial score (nSPS) is 32.1. The Balaban J connectivity index is 2.51. The first kappa shape index (κ1) is 25.6. The van der Waals surface area contributed by atoms with Crippen LogP contribution >= 0.6 is 27.9 Å². The first-order chi connectivity index (χ1) is 13.3. The second-order valence-electron chi connectivity index (χ2n) is 6.94. The molecule has 5 atom stereocenters. The average Bonchev–Trinajstić information content (AvgIpc) is 2.70. The Kier molecular flexibility index (Phi) is 6.57. The number of halogens is 2. The van der Waals surface area contributed by atoms with Crippen LogP contribution in [-0.4, -0.2) is 81.4 Å². The number of aliphatic hydroxyl groups is 2. The van der Waals surface area contributed by atoms with Gasteiger partial charge >= 0.3 is 15.6 Å². The van der Waals surface area contributed by atoms with Gasteiger partial charge in [0.25, 0.3) is 11.4 Å². The average molecular weight is 492 g/mol. The molecule has 166 valence electrons. The van der Waals surface area contributed by atoms with Gasteiger partial charge in [0.05, 0.1) is 11.6 Å². The Hall–Kier alpha value is -0.705. The van der Waals surface area contributed by atoms with Crippen LogP contribution in [0, 0.1) is 10.6 Å². The van der Waals surface area contributed by atoms with Gasteiger partial charge in [-0.15, -0.1) is 0 Å². The van der Waals surface area contributed by atoms with Crippen molar-refractivity contribution in [2.24, 2.45) is 0 Å². The molecule has 0 spiro atoms. The minimum Gasteiger partial charge on any atom is -0.386 e. The number of alkyl halides is 1. The summed E-state index contributed by atoms with van der Waals surface area (Å²) in [4.78, 5) is 40.1. The summed E-state index contributed by atoms with van der Waals surface area (Å²) in [6, 6.07) is 0. The fourth-order valence-electron chi connectivity index (χ4n) is 2.87. The van der Waals surface area contributed by atoms with E-state index in [2.05, 4.69) is 8.83 Å². The predicted octanol–water partition coefficient (Wildman–Crippen LogP) is -4.15.